The van der Waals surface area contributed by atoms with Crippen LogP contribution in [0.1, 0.15) is 17.9 Å². The van der Waals surface area contributed by atoms with Gasteiger partial charge in [-0.05, 0) is 24.6 Å². The van der Waals surface area contributed by atoms with Crippen LogP contribution in [-0.2, 0) is 0 Å². The van der Waals surface area contributed by atoms with Gasteiger partial charge in [0.15, 0.2) is 0 Å². The van der Waals surface area contributed by atoms with Gasteiger partial charge in [0.1, 0.15) is 17.3 Å². The van der Waals surface area contributed by atoms with E-state index in [1.165, 1.54) is 12.1 Å². The minimum atomic E-state index is -0.304. The average Bonchev–Trinajstić information content (AvgIpc) is 2.44. The normalized spacial score (nSPS) is 17.2. The molecule has 3 rings (SSSR count). The van der Waals surface area contributed by atoms with Crippen molar-refractivity contribution in [1.82, 2.24) is 0 Å². The van der Waals surface area contributed by atoms with Crippen LogP contribution in [0, 0.1) is 5.82 Å². The number of fused-ring (bicyclic) bond motifs is 1. The number of hydrogen-bond acceptors (Lipinski definition) is 2. The van der Waals surface area contributed by atoms with Gasteiger partial charge in [0, 0.05) is 22.0 Å². The number of ether oxygens (including phenoxy) is 2. The lowest BCUT2D eigenvalue weighted by Gasteiger charge is -2.25. The Morgan fingerprint density at radius 2 is 2.10 bits per heavy atom. The van der Waals surface area contributed by atoms with Crippen molar-refractivity contribution >= 4 is 15.9 Å². The maximum Gasteiger partial charge on any atom is 0.128 e. The van der Waals surface area contributed by atoms with Crippen LogP contribution >= 0.6 is 15.9 Å². The van der Waals surface area contributed by atoms with E-state index in [1.54, 1.807) is 6.07 Å². The van der Waals surface area contributed by atoms with Crippen molar-refractivity contribution in [2.75, 3.05) is 13.2 Å². The Kier molecular flexibility index (Phi) is 3.92. The Labute approximate surface area is 125 Å². The van der Waals surface area contributed by atoms with Crippen LogP contribution in [0.3, 0.4) is 0 Å². The summed E-state index contributed by atoms with van der Waals surface area (Å²) in [4.78, 5) is 0. The van der Waals surface area contributed by atoms with Gasteiger partial charge in [-0.15, -0.1) is 0 Å². The van der Waals surface area contributed by atoms with Crippen molar-refractivity contribution < 1.29 is 13.9 Å². The van der Waals surface area contributed by atoms with Crippen LogP contribution in [0.4, 0.5) is 4.39 Å². The van der Waals surface area contributed by atoms with Gasteiger partial charge in [-0.25, -0.2) is 4.39 Å². The highest BCUT2D eigenvalue weighted by molar-refractivity contribution is 9.10. The van der Waals surface area contributed by atoms with Gasteiger partial charge < -0.3 is 9.47 Å². The van der Waals surface area contributed by atoms with Crippen LogP contribution in [0.5, 0.6) is 11.5 Å². The molecule has 0 radical (unpaired) electrons. The molecule has 0 saturated heterocycles. The number of para-hydroxylation sites is 1. The molecule has 0 bridgehead atoms. The fourth-order valence-electron chi connectivity index (χ4n) is 2.40. The van der Waals surface area contributed by atoms with Crippen LogP contribution in [0.25, 0.3) is 0 Å². The van der Waals surface area contributed by atoms with Crippen molar-refractivity contribution in [3.05, 3.63) is 58.3 Å². The van der Waals surface area contributed by atoms with Crippen molar-refractivity contribution in [2.24, 2.45) is 0 Å². The number of rotatable bonds is 3. The van der Waals surface area contributed by atoms with Crippen LogP contribution < -0.4 is 9.47 Å². The molecule has 1 heterocycles. The van der Waals surface area contributed by atoms with Crippen molar-refractivity contribution in [1.29, 1.82) is 0 Å². The first-order valence-corrected chi connectivity index (χ1v) is 7.32. The molecule has 2 nitrogen and oxygen atoms in total. The van der Waals surface area contributed by atoms with Gasteiger partial charge in [0.2, 0.25) is 0 Å². The van der Waals surface area contributed by atoms with Gasteiger partial charge in [-0.2, -0.15) is 0 Å². The van der Waals surface area contributed by atoms with E-state index < -0.39 is 0 Å². The van der Waals surface area contributed by atoms with Crippen molar-refractivity contribution in [3.63, 3.8) is 0 Å². The fraction of sp³-hybridized carbons (Fsp3) is 0.250. The number of halogens is 2. The maximum atomic E-state index is 13.3. The molecule has 0 N–H and O–H groups in total. The summed E-state index contributed by atoms with van der Waals surface area (Å²) < 4.78 is 25.3. The molecular formula is C16H14BrFO2. The summed E-state index contributed by atoms with van der Waals surface area (Å²) in [5, 5.41) is 0. The van der Waals surface area contributed by atoms with E-state index >= 15 is 0 Å². The lowest BCUT2D eigenvalue weighted by atomic mass is 9.94. The minimum Gasteiger partial charge on any atom is -0.493 e. The quantitative estimate of drug-likeness (QED) is 0.819. The minimum absolute atomic E-state index is 0.280. The Morgan fingerprint density at radius 1 is 1.25 bits per heavy atom. The van der Waals surface area contributed by atoms with E-state index in [-0.39, 0.29) is 11.7 Å². The first-order chi connectivity index (χ1) is 9.72. The first kappa shape index (κ1) is 13.4. The van der Waals surface area contributed by atoms with E-state index in [0.717, 1.165) is 17.7 Å². The van der Waals surface area contributed by atoms with E-state index in [1.807, 2.05) is 18.2 Å². The molecule has 104 valence electrons. The Balaban J connectivity index is 1.73. The summed E-state index contributed by atoms with van der Waals surface area (Å²) in [6.45, 7) is 1.22. The fourth-order valence-corrected chi connectivity index (χ4v) is 2.84. The molecule has 0 saturated carbocycles. The zero-order valence-corrected chi connectivity index (χ0v) is 12.4. The summed E-state index contributed by atoms with van der Waals surface area (Å²) in [6, 6.07) is 12.6. The molecule has 0 amide bonds. The van der Waals surface area contributed by atoms with Gasteiger partial charge in [0.25, 0.3) is 0 Å². The number of hydrogen-bond donors (Lipinski definition) is 0. The van der Waals surface area contributed by atoms with Gasteiger partial charge in [-0.1, -0.05) is 34.1 Å². The summed E-state index contributed by atoms with van der Waals surface area (Å²) in [6.07, 6.45) is 0.910. The second-order valence-corrected chi connectivity index (χ2v) is 5.70. The second-order valence-electron chi connectivity index (χ2n) is 4.79. The predicted molar refractivity (Wildman–Crippen MR) is 78.9 cm³/mol. The molecule has 1 aliphatic heterocycles. The molecule has 1 atom stereocenters. The molecule has 1 aliphatic rings. The Bertz CT molecular complexity index is 595. The molecule has 1 unspecified atom stereocenters. The maximum absolute atomic E-state index is 13.3. The molecule has 2 aromatic carbocycles. The van der Waals surface area contributed by atoms with Crippen LogP contribution in [0.2, 0.25) is 0 Å². The zero-order valence-electron chi connectivity index (χ0n) is 10.8. The van der Waals surface area contributed by atoms with E-state index in [2.05, 4.69) is 22.0 Å². The SMILES string of the molecule is Fc1cc(Br)cc(OCC2CCOc3ccccc32)c1. The number of benzene rings is 2. The lowest BCUT2D eigenvalue weighted by molar-refractivity contribution is 0.217. The Hall–Kier alpha value is -1.55. The van der Waals surface area contributed by atoms with Crippen LogP contribution in [0.15, 0.2) is 46.9 Å². The average molecular weight is 337 g/mol. The molecule has 0 aromatic heterocycles. The standard InChI is InChI=1S/C16H14BrFO2/c17-12-7-13(18)9-14(8-12)20-10-11-5-6-19-16-4-2-1-3-15(11)16/h1-4,7-9,11H,5-6,10H2. The van der Waals surface area contributed by atoms with E-state index in [0.29, 0.717) is 23.4 Å². The van der Waals surface area contributed by atoms with E-state index in [9.17, 15) is 4.39 Å². The molecule has 0 fully saturated rings. The summed E-state index contributed by atoms with van der Waals surface area (Å²) in [5.74, 6) is 1.44. The Morgan fingerprint density at radius 3 is 2.95 bits per heavy atom. The monoisotopic (exact) mass is 336 g/mol. The second kappa shape index (κ2) is 5.83. The van der Waals surface area contributed by atoms with Gasteiger partial charge in [-0.3, -0.25) is 0 Å². The molecule has 0 spiro atoms. The topological polar surface area (TPSA) is 18.5 Å². The summed E-state index contributed by atoms with van der Waals surface area (Å²) in [7, 11) is 0. The van der Waals surface area contributed by atoms with Crippen LogP contribution in [-0.4, -0.2) is 13.2 Å². The molecule has 4 heteroatoms. The highest BCUT2D eigenvalue weighted by Crippen LogP contribution is 2.34. The largest absolute Gasteiger partial charge is 0.493 e. The summed E-state index contributed by atoms with van der Waals surface area (Å²) >= 11 is 3.26. The highest BCUT2D eigenvalue weighted by atomic mass is 79.9. The third kappa shape index (κ3) is 2.96. The first-order valence-electron chi connectivity index (χ1n) is 6.53. The third-order valence-corrected chi connectivity index (χ3v) is 3.83. The zero-order chi connectivity index (χ0) is 13.9. The van der Waals surface area contributed by atoms with Crippen molar-refractivity contribution in [2.45, 2.75) is 12.3 Å². The van der Waals surface area contributed by atoms with Gasteiger partial charge in [0.05, 0.1) is 13.2 Å². The van der Waals surface area contributed by atoms with Gasteiger partial charge >= 0.3 is 0 Å². The molecule has 0 aliphatic carbocycles. The molecular weight excluding hydrogens is 323 g/mol. The predicted octanol–water partition coefficient (Wildman–Crippen LogP) is 4.53. The smallest absolute Gasteiger partial charge is 0.128 e. The molecule has 20 heavy (non-hydrogen) atoms. The highest BCUT2D eigenvalue weighted by Gasteiger charge is 2.21. The summed E-state index contributed by atoms with van der Waals surface area (Å²) in [5.41, 5.74) is 1.16. The lowest BCUT2D eigenvalue weighted by Crippen LogP contribution is -2.19. The van der Waals surface area contributed by atoms with Crippen molar-refractivity contribution in [3.8, 4) is 11.5 Å². The molecule has 2 aromatic rings. The van der Waals surface area contributed by atoms with E-state index in [4.69, 9.17) is 9.47 Å². The third-order valence-electron chi connectivity index (χ3n) is 3.37.